The van der Waals surface area contributed by atoms with Crippen molar-refractivity contribution in [3.05, 3.63) is 64.4 Å². The maximum Gasteiger partial charge on any atom is 0.258 e. The van der Waals surface area contributed by atoms with Gasteiger partial charge in [0.25, 0.3) is 5.91 Å². The van der Waals surface area contributed by atoms with E-state index in [9.17, 15) is 9.18 Å². The zero-order valence-electron chi connectivity index (χ0n) is 9.71. The second-order valence-electron chi connectivity index (χ2n) is 3.90. The molecule has 0 saturated heterocycles. The largest absolute Gasteiger partial charge is 0.322 e. The minimum absolute atomic E-state index is 0.00852. The van der Waals surface area contributed by atoms with Gasteiger partial charge >= 0.3 is 0 Å². The molecule has 2 aromatic carbocycles. The third kappa shape index (κ3) is 2.68. The van der Waals surface area contributed by atoms with E-state index in [-0.39, 0.29) is 5.56 Å². The Kier molecular flexibility index (Phi) is 3.63. The molecule has 1 amide bonds. The van der Waals surface area contributed by atoms with Crippen LogP contribution in [0.2, 0.25) is 5.02 Å². The summed E-state index contributed by atoms with van der Waals surface area (Å²) in [6.45, 7) is 1.87. The van der Waals surface area contributed by atoms with Crippen LogP contribution in [0.4, 0.5) is 10.1 Å². The molecule has 0 radical (unpaired) electrons. The summed E-state index contributed by atoms with van der Waals surface area (Å²) >= 11 is 5.95. The quantitative estimate of drug-likeness (QED) is 0.870. The number of amides is 1. The van der Waals surface area contributed by atoms with Gasteiger partial charge in [0.15, 0.2) is 0 Å². The van der Waals surface area contributed by atoms with Crippen LogP contribution in [-0.4, -0.2) is 5.91 Å². The molecule has 0 saturated carbocycles. The summed E-state index contributed by atoms with van der Waals surface area (Å²) in [5.41, 5.74) is 1.47. The van der Waals surface area contributed by atoms with Crippen LogP contribution in [0.15, 0.2) is 42.5 Å². The van der Waals surface area contributed by atoms with E-state index in [0.717, 1.165) is 5.56 Å². The van der Waals surface area contributed by atoms with E-state index in [0.29, 0.717) is 10.7 Å². The van der Waals surface area contributed by atoms with E-state index in [1.54, 1.807) is 24.3 Å². The molecule has 0 spiro atoms. The van der Waals surface area contributed by atoms with E-state index in [1.807, 2.05) is 6.92 Å². The molecule has 2 aromatic rings. The Morgan fingerprint density at radius 1 is 1.22 bits per heavy atom. The fourth-order valence-electron chi connectivity index (χ4n) is 1.51. The van der Waals surface area contributed by atoms with E-state index in [1.165, 1.54) is 18.2 Å². The molecule has 0 aliphatic rings. The number of halogens is 2. The van der Waals surface area contributed by atoms with Crippen molar-refractivity contribution in [2.45, 2.75) is 6.92 Å². The molecule has 0 heterocycles. The van der Waals surface area contributed by atoms with Gasteiger partial charge in [-0.05, 0) is 36.8 Å². The molecular formula is C14H11ClFNO. The van der Waals surface area contributed by atoms with Gasteiger partial charge in [0.05, 0.1) is 5.56 Å². The van der Waals surface area contributed by atoms with Crippen molar-refractivity contribution in [2.75, 3.05) is 5.32 Å². The number of benzene rings is 2. The second-order valence-corrected chi connectivity index (χ2v) is 4.31. The Hall–Kier alpha value is -1.87. The molecule has 92 valence electrons. The topological polar surface area (TPSA) is 29.1 Å². The molecule has 4 heteroatoms. The highest BCUT2D eigenvalue weighted by molar-refractivity contribution is 6.31. The predicted molar refractivity (Wildman–Crippen MR) is 70.5 cm³/mol. The predicted octanol–water partition coefficient (Wildman–Crippen LogP) is 4.04. The third-order valence-electron chi connectivity index (χ3n) is 2.55. The first-order chi connectivity index (χ1) is 8.58. The van der Waals surface area contributed by atoms with Crippen LogP contribution in [-0.2, 0) is 0 Å². The minimum atomic E-state index is -0.548. The van der Waals surface area contributed by atoms with Gasteiger partial charge in [-0.1, -0.05) is 29.8 Å². The lowest BCUT2D eigenvalue weighted by atomic mass is 10.2. The molecule has 1 N–H and O–H groups in total. The van der Waals surface area contributed by atoms with Crippen LogP contribution >= 0.6 is 11.6 Å². The molecule has 2 nitrogen and oxygen atoms in total. The highest BCUT2D eigenvalue weighted by Gasteiger charge is 2.11. The average molecular weight is 264 g/mol. The van der Waals surface area contributed by atoms with Crippen LogP contribution in [0.25, 0.3) is 0 Å². The van der Waals surface area contributed by atoms with Crippen LogP contribution in [0, 0.1) is 12.7 Å². The van der Waals surface area contributed by atoms with Crippen molar-refractivity contribution in [2.24, 2.45) is 0 Å². The zero-order valence-corrected chi connectivity index (χ0v) is 10.5. The number of aryl methyl sites for hydroxylation is 1. The Labute approximate surface area is 109 Å². The van der Waals surface area contributed by atoms with Crippen LogP contribution in [0.1, 0.15) is 15.9 Å². The van der Waals surface area contributed by atoms with Gasteiger partial charge in [-0.2, -0.15) is 0 Å². The minimum Gasteiger partial charge on any atom is -0.322 e. The first-order valence-corrected chi connectivity index (χ1v) is 5.78. The molecule has 18 heavy (non-hydrogen) atoms. The summed E-state index contributed by atoms with van der Waals surface area (Å²) in [6.07, 6.45) is 0. The molecule has 0 aliphatic carbocycles. The molecule has 0 atom stereocenters. The fraction of sp³-hybridized carbons (Fsp3) is 0.0714. The first kappa shape index (κ1) is 12.6. The second kappa shape index (κ2) is 5.19. The standard InChI is InChI=1S/C14H11ClFNO/c1-9-6-7-10(8-12(9)15)17-14(18)11-4-2-3-5-13(11)16/h2-8H,1H3,(H,17,18). The number of anilines is 1. The van der Waals surface area contributed by atoms with Crippen molar-refractivity contribution in [3.8, 4) is 0 Å². The number of carbonyl (C=O) groups excluding carboxylic acids is 1. The number of hydrogen-bond acceptors (Lipinski definition) is 1. The summed E-state index contributed by atoms with van der Waals surface area (Å²) in [7, 11) is 0. The summed E-state index contributed by atoms with van der Waals surface area (Å²) < 4.78 is 13.4. The number of nitrogens with one attached hydrogen (secondary N) is 1. The lowest BCUT2D eigenvalue weighted by Crippen LogP contribution is -2.13. The molecule has 0 aromatic heterocycles. The highest BCUT2D eigenvalue weighted by Crippen LogP contribution is 2.20. The molecule has 0 bridgehead atoms. The Balaban J connectivity index is 2.22. The van der Waals surface area contributed by atoms with Gasteiger partial charge in [-0.25, -0.2) is 4.39 Å². The summed E-state index contributed by atoms with van der Waals surface area (Å²) in [4.78, 5) is 11.8. The van der Waals surface area contributed by atoms with E-state index in [2.05, 4.69) is 5.32 Å². The lowest BCUT2D eigenvalue weighted by molar-refractivity contribution is 0.102. The number of hydrogen-bond donors (Lipinski definition) is 1. The van der Waals surface area contributed by atoms with E-state index < -0.39 is 11.7 Å². The third-order valence-corrected chi connectivity index (χ3v) is 2.96. The smallest absolute Gasteiger partial charge is 0.258 e. The van der Waals surface area contributed by atoms with Gasteiger partial charge in [-0.15, -0.1) is 0 Å². The maximum absolute atomic E-state index is 13.4. The Morgan fingerprint density at radius 2 is 1.94 bits per heavy atom. The van der Waals surface area contributed by atoms with Gasteiger partial charge in [0, 0.05) is 10.7 Å². The average Bonchev–Trinajstić information content (AvgIpc) is 2.34. The first-order valence-electron chi connectivity index (χ1n) is 5.40. The van der Waals surface area contributed by atoms with Crippen molar-refractivity contribution in [3.63, 3.8) is 0 Å². The van der Waals surface area contributed by atoms with Gasteiger partial charge in [0.1, 0.15) is 5.82 Å². The van der Waals surface area contributed by atoms with Crippen molar-refractivity contribution in [1.29, 1.82) is 0 Å². The number of carbonyl (C=O) groups is 1. The van der Waals surface area contributed by atoms with Crippen molar-refractivity contribution >= 4 is 23.2 Å². The van der Waals surface area contributed by atoms with Crippen molar-refractivity contribution < 1.29 is 9.18 Å². The monoisotopic (exact) mass is 263 g/mol. The summed E-state index contributed by atoms with van der Waals surface area (Å²) in [6, 6.07) is 11.0. The zero-order chi connectivity index (χ0) is 13.1. The highest BCUT2D eigenvalue weighted by atomic mass is 35.5. The Bertz CT molecular complexity index is 598. The van der Waals surface area contributed by atoms with Crippen molar-refractivity contribution in [1.82, 2.24) is 0 Å². The van der Waals surface area contributed by atoms with Crippen LogP contribution < -0.4 is 5.32 Å². The summed E-state index contributed by atoms with van der Waals surface area (Å²) in [5, 5.41) is 3.16. The molecular weight excluding hydrogens is 253 g/mol. The van der Waals surface area contributed by atoms with E-state index in [4.69, 9.17) is 11.6 Å². The summed E-state index contributed by atoms with van der Waals surface area (Å²) in [5.74, 6) is -1.04. The molecule has 0 unspecified atom stereocenters. The van der Waals surface area contributed by atoms with E-state index >= 15 is 0 Å². The lowest BCUT2D eigenvalue weighted by Gasteiger charge is -2.07. The Morgan fingerprint density at radius 3 is 2.61 bits per heavy atom. The van der Waals surface area contributed by atoms with Gasteiger partial charge in [0.2, 0.25) is 0 Å². The maximum atomic E-state index is 13.4. The van der Waals surface area contributed by atoms with Gasteiger partial charge < -0.3 is 5.32 Å². The molecule has 2 rings (SSSR count). The molecule has 0 aliphatic heterocycles. The van der Waals surface area contributed by atoms with Crippen LogP contribution in [0.3, 0.4) is 0 Å². The molecule has 0 fully saturated rings. The SMILES string of the molecule is Cc1ccc(NC(=O)c2ccccc2F)cc1Cl. The number of rotatable bonds is 2. The normalized spacial score (nSPS) is 10.2. The van der Waals surface area contributed by atoms with Crippen LogP contribution in [0.5, 0.6) is 0 Å². The van der Waals surface area contributed by atoms with Gasteiger partial charge in [-0.3, -0.25) is 4.79 Å². The fourth-order valence-corrected chi connectivity index (χ4v) is 1.69.